The van der Waals surface area contributed by atoms with Crippen LogP contribution in [-0.2, 0) is 11.3 Å². The van der Waals surface area contributed by atoms with Gasteiger partial charge in [-0.3, -0.25) is 9.69 Å². The molecule has 5 heteroatoms. The van der Waals surface area contributed by atoms with E-state index in [1.54, 1.807) is 13.2 Å². The molecule has 0 radical (unpaired) electrons. The lowest BCUT2D eigenvalue weighted by Gasteiger charge is -2.38. The molecule has 1 N–H and O–H groups in total. The molecular weight excluding hydrogens is 340 g/mol. The number of hydrogen-bond donors (Lipinski definition) is 1. The zero-order chi connectivity index (χ0) is 19.2. The molecule has 27 heavy (non-hydrogen) atoms. The molecule has 0 aromatic heterocycles. The maximum atomic E-state index is 12.7. The Balaban J connectivity index is 1.68. The number of ether oxygens (including phenoxy) is 1. The summed E-state index contributed by atoms with van der Waals surface area (Å²) < 4.78 is 5.33. The molecule has 1 amide bonds. The van der Waals surface area contributed by atoms with E-state index < -0.39 is 0 Å². The number of nitrogens with zero attached hydrogens (tertiary/aromatic N) is 2. The highest BCUT2D eigenvalue weighted by Crippen LogP contribution is 2.28. The van der Waals surface area contributed by atoms with Crippen LogP contribution in [0.25, 0.3) is 0 Å². The molecular formula is C22H28N2O3. The lowest BCUT2D eigenvalue weighted by atomic mass is 10.0. The molecule has 0 spiro atoms. The first-order chi connectivity index (χ1) is 13.1. The van der Waals surface area contributed by atoms with Gasteiger partial charge in [0.2, 0.25) is 5.91 Å². The zero-order valence-corrected chi connectivity index (χ0v) is 16.1. The van der Waals surface area contributed by atoms with E-state index in [2.05, 4.69) is 4.90 Å². The van der Waals surface area contributed by atoms with Crippen LogP contribution >= 0.6 is 0 Å². The first-order valence-electron chi connectivity index (χ1n) is 9.57. The number of benzene rings is 2. The summed E-state index contributed by atoms with van der Waals surface area (Å²) in [5, 5.41) is 9.64. The number of anilines is 1. The lowest BCUT2D eigenvalue weighted by Crippen LogP contribution is -2.47. The van der Waals surface area contributed by atoms with Crippen LogP contribution in [-0.4, -0.2) is 42.2 Å². The van der Waals surface area contributed by atoms with E-state index in [-0.39, 0.29) is 11.9 Å². The van der Waals surface area contributed by atoms with Gasteiger partial charge < -0.3 is 14.7 Å². The Labute approximate surface area is 161 Å². The first kappa shape index (κ1) is 19.2. The summed E-state index contributed by atoms with van der Waals surface area (Å²) in [6, 6.07) is 15.4. The van der Waals surface area contributed by atoms with Crippen molar-refractivity contribution in [2.24, 2.45) is 0 Å². The summed E-state index contributed by atoms with van der Waals surface area (Å²) in [5.41, 5.74) is 2.02. The predicted molar refractivity (Wildman–Crippen MR) is 107 cm³/mol. The summed E-state index contributed by atoms with van der Waals surface area (Å²) in [6.45, 7) is 4.59. The summed E-state index contributed by atoms with van der Waals surface area (Å²) >= 11 is 0. The molecule has 5 nitrogen and oxygen atoms in total. The number of piperidine rings is 1. The normalized spacial score (nSPS) is 15.5. The van der Waals surface area contributed by atoms with Crippen LogP contribution in [0.15, 0.2) is 48.5 Å². The van der Waals surface area contributed by atoms with Gasteiger partial charge in [0, 0.05) is 43.9 Å². The number of phenolic OH excluding ortho intramolecular Hbond substituents is 1. The van der Waals surface area contributed by atoms with E-state index >= 15 is 0 Å². The number of phenols is 1. The van der Waals surface area contributed by atoms with Gasteiger partial charge in [0.05, 0.1) is 7.11 Å². The molecule has 144 valence electrons. The van der Waals surface area contributed by atoms with Gasteiger partial charge in [-0.05, 0) is 42.7 Å². The van der Waals surface area contributed by atoms with E-state index in [4.69, 9.17) is 4.74 Å². The van der Waals surface area contributed by atoms with Crippen molar-refractivity contribution in [3.63, 3.8) is 0 Å². The van der Waals surface area contributed by atoms with Gasteiger partial charge in [-0.1, -0.05) is 25.1 Å². The van der Waals surface area contributed by atoms with Crippen LogP contribution in [0.5, 0.6) is 11.5 Å². The van der Waals surface area contributed by atoms with E-state index in [1.807, 2.05) is 54.3 Å². The number of hydrogen-bond acceptors (Lipinski definition) is 4. The molecule has 1 aliphatic rings. The predicted octanol–water partition coefficient (Wildman–Crippen LogP) is 3.81. The first-order valence-corrected chi connectivity index (χ1v) is 9.57. The largest absolute Gasteiger partial charge is 0.508 e. The fourth-order valence-electron chi connectivity index (χ4n) is 3.74. The second-order valence-electron chi connectivity index (χ2n) is 7.00. The highest BCUT2D eigenvalue weighted by atomic mass is 16.5. The molecule has 3 rings (SSSR count). The molecule has 1 saturated heterocycles. The Morgan fingerprint density at radius 2 is 1.93 bits per heavy atom. The molecule has 2 aromatic rings. The van der Waals surface area contributed by atoms with Gasteiger partial charge in [0.25, 0.3) is 0 Å². The summed E-state index contributed by atoms with van der Waals surface area (Å²) in [5.74, 6) is 1.22. The fourth-order valence-corrected chi connectivity index (χ4v) is 3.74. The van der Waals surface area contributed by atoms with E-state index in [9.17, 15) is 9.90 Å². The second kappa shape index (κ2) is 8.91. The third-order valence-corrected chi connectivity index (χ3v) is 5.14. The Morgan fingerprint density at radius 3 is 2.59 bits per heavy atom. The highest BCUT2D eigenvalue weighted by molar-refractivity contribution is 5.94. The van der Waals surface area contributed by atoms with Gasteiger partial charge in [-0.15, -0.1) is 0 Å². The number of rotatable bonds is 6. The smallest absolute Gasteiger partial charge is 0.226 e. The van der Waals surface area contributed by atoms with Crippen LogP contribution in [0.3, 0.4) is 0 Å². The van der Waals surface area contributed by atoms with Crippen LogP contribution in [0.4, 0.5) is 5.69 Å². The average molecular weight is 368 g/mol. The van der Waals surface area contributed by atoms with Crippen LogP contribution < -0.4 is 9.64 Å². The molecule has 0 aliphatic carbocycles. The number of carbonyl (C=O) groups excluding carboxylic acids is 1. The van der Waals surface area contributed by atoms with Crippen molar-refractivity contribution in [3.8, 4) is 11.5 Å². The van der Waals surface area contributed by atoms with Crippen LogP contribution in [0, 0.1) is 0 Å². The minimum absolute atomic E-state index is 0.148. The Kier molecular flexibility index (Phi) is 6.35. The third-order valence-electron chi connectivity index (χ3n) is 5.14. The van der Waals surface area contributed by atoms with Crippen molar-refractivity contribution in [2.75, 3.05) is 25.1 Å². The minimum Gasteiger partial charge on any atom is -0.508 e. The van der Waals surface area contributed by atoms with Gasteiger partial charge in [0.1, 0.15) is 11.5 Å². The van der Waals surface area contributed by atoms with Gasteiger partial charge in [-0.2, -0.15) is 0 Å². The summed E-state index contributed by atoms with van der Waals surface area (Å²) in [6.07, 6.45) is 2.35. The molecule has 2 aromatic carbocycles. The number of amides is 1. The SMILES string of the molecule is CCC(=O)N(c1cccc(OC)c1)C1CCN(Cc2cccc(O)c2)CC1. The maximum Gasteiger partial charge on any atom is 0.226 e. The molecule has 0 saturated carbocycles. The third kappa shape index (κ3) is 4.80. The van der Waals surface area contributed by atoms with Gasteiger partial charge >= 0.3 is 0 Å². The van der Waals surface area contributed by atoms with Crippen molar-refractivity contribution in [1.82, 2.24) is 4.90 Å². The maximum absolute atomic E-state index is 12.7. The summed E-state index contributed by atoms with van der Waals surface area (Å²) in [7, 11) is 1.64. The van der Waals surface area contributed by atoms with Crippen molar-refractivity contribution < 1.29 is 14.6 Å². The van der Waals surface area contributed by atoms with Crippen molar-refractivity contribution in [1.29, 1.82) is 0 Å². The molecule has 1 aliphatic heterocycles. The number of aromatic hydroxyl groups is 1. The molecule has 0 atom stereocenters. The Morgan fingerprint density at radius 1 is 1.19 bits per heavy atom. The second-order valence-corrected chi connectivity index (χ2v) is 7.00. The number of likely N-dealkylation sites (tertiary alicyclic amines) is 1. The lowest BCUT2D eigenvalue weighted by molar-refractivity contribution is -0.119. The molecule has 0 bridgehead atoms. The van der Waals surface area contributed by atoms with Crippen LogP contribution in [0.2, 0.25) is 0 Å². The minimum atomic E-state index is 0.148. The van der Waals surface area contributed by atoms with Crippen LogP contribution in [0.1, 0.15) is 31.7 Å². The van der Waals surface area contributed by atoms with Crippen molar-refractivity contribution >= 4 is 11.6 Å². The van der Waals surface area contributed by atoms with E-state index in [0.29, 0.717) is 12.2 Å². The Bertz CT molecular complexity index is 770. The number of carbonyl (C=O) groups is 1. The van der Waals surface area contributed by atoms with Crippen molar-refractivity contribution in [3.05, 3.63) is 54.1 Å². The van der Waals surface area contributed by atoms with Crippen molar-refractivity contribution in [2.45, 2.75) is 38.8 Å². The highest BCUT2D eigenvalue weighted by Gasteiger charge is 2.28. The van der Waals surface area contributed by atoms with Gasteiger partial charge in [0.15, 0.2) is 0 Å². The molecule has 0 unspecified atom stereocenters. The average Bonchev–Trinajstić information content (AvgIpc) is 2.69. The standard InChI is InChI=1S/C22H28N2O3/c1-3-22(26)24(19-7-5-9-21(15-19)27-2)18-10-12-23(13-11-18)16-17-6-4-8-20(25)14-17/h4-9,14-15,18,25H,3,10-13,16H2,1-2H3. The summed E-state index contributed by atoms with van der Waals surface area (Å²) in [4.78, 5) is 17.0. The zero-order valence-electron chi connectivity index (χ0n) is 16.1. The van der Waals surface area contributed by atoms with E-state index in [1.165, 1.54) is 0 Å². The van der Waals surface area contributed by atoms with E-state index in [0.717, 1.165) is 49.5 Å². The van der Waals surface area contributed by atoms with Gasteiger partial charge in [-0.25, -0.2) is 0 Å². The topological polar surface area (TPSA) is 53.0 Å². The molecule has 1 fully saturated rings. The Hall–Kier alpha value is -2.53. The number of methoxy groups -OCH3 is 1. The molecule has 1 heterocycles. The quantitative estimate of drug-likeness (QED) is 0.842. The monoisotopic (exact) mass is 368 g/mol. The fraction of sp³-hybridized carbons (Fsp3) is 0.409.